The van der Waals surface area contributed by atoms with Crippen LogP contribution in [0.15, 0.2) is 55.0 Å². The minimum absolute atomic E-state index is 0.0912. The molecule has 174 valence electrons. The molecule has 0 spiro atoms. The molecule has 1 aliphatic carbocycles. The van der Waals surface area contributed by atoms with E-state index in [4.69, 9.17) is 22.1 Å². The molecule has 0 saturated heterocycles. The Morgan fingerprint density at radius 1 is 1.12 bits per heavy atom. The van der Waals surface area contributed by atoms with Gasteiger partial charge in [0.15, 0.2) is 5.78 Å². The van der Waals surface area contributed by atoms with Crippen LogP contribution >= 0.6 is 11.6 Å². The van der Waals surface area contributed by atoms with Crippen molar-refractivity contribution in [1.29, 1.82) is 0 Å². The maximum absolute atomic E-state index is 13.2. The molecule has 1 aromatic carbocycles. The van der Waals surface area contributed by atoms with Gasteiger partial charge in [0.2, 0.25) is 0 Å². The summed E-state index contributed by atoms with van der Waals surface area (Å²) in [4.78, 5) is 25.3. The van der Waals surface area contributed by atoms with Crippen LogP contribution in [-0.4, -0.2) is 39.9 Å². The standard InChI is InChI=1S/C26H26ClN5O2/c1-34-19-8-2-15(3-9-19)25(33)22-13-31-26-21(22)10-16(12-30-26)20-11-24(29-14-23(20)27)32-18-6-4-17(28)5-7-18/h2-3,8-14,17-18H,4-7,28H2,1H3,(H,29,32)(H,30,31). The first-order chi connectivity index (χ1) is 16.5. The van der Waals surface area contributed by atoms with Crippen LogP contribution in [0.25, 0.3) is 22.2 Å². The third-order valence-corrected chi connectivity index (χ3v) is 6.72. The van der Waals surface area contributed by atoms with Crippen molar-refractivity contribution in [3.63, 3.8) is 0 Å². The van der Waals surface area contributed by atoms with Crippen molar-refractivity contribution in [3.8, 4) is 16.9 Å². The number of pyridine rings is 2. The number of H-pyrrole nitrogens is 1. The van der Waals surface area contributed by atoms with E-state index in [1.54, 1.807) is 50.0 Å². The molecule has 1 fully saturated rings. The van der Waals surface area contributed by atoms with E-state index in [0.29, 0.717) is 39.6 Å². The van der Waals surface area contributed by atoms with Gasteiger partial charge >= 0.3 is 0 Å². The van der Waals surface area contributed by atoms with Crippen LogP contribution in [0.3, 0.4) is 0 Å². The average Bonchev–Trinajstić information content (AvgIpc) is 3.29. The van der Waals surface area contributed by atoms with Crippen LogP contribution in [0.1, 0.15) is 41.6 Å². The Bertz CT molecular complexity index is 1330. The van der Waals surface area contributed by atoms with E-state index >= 15 is 0 Å². The number of nitrogens with two attached hydrogens (primary N) is 1. The highest BCUT2D eigenvalue weighted by molar-refractivity contribution is 6.33. The van der Waals surface area contributed by atoms with Gasteiger partial charge in [0.25, 0.3) is 0 Å². The fraction of sp³-hybridized carbons (Fsp3) is 0.269. The number of ketones is 1. The van der Waals surface area contributed by atoms with Gasteiger partial charge in [-0.3, -0.25) is 4.79 Å². The van der Waals surface area contributed by atoms with E-state index in [1.165, 1.54) is 0 Å². The zero-order valence-electron chi connectivity index (χ0n) is 18.8. The van der Waals surface area contributed by atoms with Gasteiger partial charge in [0.05, 0.1) is 12.1 Å². The second-order valence-corrected chi connectivity index (χ2v) is 9.09. The fourth-order valence-electron chi connectivity index (χ4n) is 4.45. The average molecular weight is 476 g/mol. The normalized spacial score (nSPS) is 18.1. The number of fused-ring (bicyclic) bond motifs is 1. The third-order valence-electron chi connectivity index (χ3n) is 6.42. The number of halogens is 1. The van der Waals surface area contributed by atoms with Gasteiger partial charge in [0, 0.05) is 58.3 Å². The summed E-state index contributed by atoms with van der Waals surface area (Å²) in [5, 5.41) is 4.78. The van der Waals surface area contributed by atoms with Crippen LogP contribution in [0.4, 0.5) is 5.82 Å². The summed E-state index contributed by atoms with van der Waals surface area (Å²) in [5.41, 5.74) is 9.43. The number of ether oxygens (including phenoxy) is 1. The van der Waals surface area contributed by atoms with Crippen molar-refractivity contribution in [2.75, 3.05) is 12.4 Å². The van der Waals surface area contributed by atoms with Crippen molar-refractivity contribution in [3.05, 3.63) is 71.1 Å². The number of methoxy groups -OCH3 is 1. The van der Waals surface area contributed by atoms with Crippen LogP contribution in [-0.2, 0) is 0 Å². The monoisotopic (exact) mass is 475 g/mol. The predicted octanol–water partition coefficient (Wildman–Crippen LogP) is 5.20. The molecule has 4 N–H and O–H groups in total. The highest BCUT2D eigenvalue weighted by Gasteiger charge is 2.20. The number of hydrogen-bond acceptors (Lipinski definition) is 6. The van der Waals surface area contributed by atoms with Gasteiger partial charge in [-0.1, -0.05) is 11.6 Å². The minimum Gasteiger partial charge on any atom is -0.497 e. The number of rotatable bonds is 6. The Balaban J connectivity index is 1.45. The number of aromatic amines is 1. The lowest BCUT2D eigenvalue weighted by atomic mass is 9.92. The molecule has 3 aromatic heterocycles. The Kier molecular flexibility index (Phi) is 6.22. The highest BCUT2D eigenvalue weighted by atomic mass is 35.5. The summed E-state index contributed by atoms with van der Waals surface area (Å²) in [6.07, 6.45) is 9.17. The minimum atomic E-state index is -0.0912. The molecule has 0 bridgehead atoms. The van der Waals surface area contributed by atoms with E-state index in [0.717, 1.165) is 48.0 Å². The molecule has 1 saturated carbocycles. The van der Waals surface area contributed by atoms with E-state index in [-0.39, 0.29) is 5.78 Å². The zero-order valence-corrected chi connectivity index (χ0v) is 19.6. The topological polar surface area (TPSA) is 106 Å². The number of anilines is 1. The number of hydrogen-bond donors (Lipinski definition) is 3. The molecule has 0 aliphatic heterocycles. The lowest BCUT2D eigenvalue weighted by molar-refractivity contribution is 0.104. The van der Waals surface area contributed by atoms with Crippen molar-refractivity contribution in [2.24, 2.45) is 5.73 Å². The quantitative estimate of drug-likeness (QED) is 0.331. The van der Waals surface area contributed by atoms with Gasteiger partial charge in [-0.25, -0.2) is 9.97 Å². The number of aromatic nitrogens is 3. The molecule has 7 nitrogen and oxygen atoms in total. The van der Waals surface area contributed by atoms with E-state index in [1.807, 2.05) is 12.1 Å². The van der Waals surface area contributed by atoms with Crippen molar-refractivity contribution in [1.82, 2.24) is 15.0 Å². The van der Waals surface area contributed by atoms with Crippen LogP contribution in [0.5, 0.6) is 5.75 Å². The number of nitrogens with zero attached hydrogens (tertiary/aromatic N) is 2. The first-order valence-electron chi connectivity index (χ1n) is 11.4. The first kappa shape index (κ1) is 22.4. The van der Waals surface area contributed by atoms with Crippen LogP contribution < -0.4 is 15.8 Å². The van der Waals surface area contributed by atoms with Crippen molar-refractivity contribution < 1.29 is 9.53 Å². The van der Waals surface area contributed by atoms with Crippen molar-refractivity contribution >= 4 is 34.2 Å². The second kappa shape index (κ2) is 9.44. The van der Waals surface area contributed by atoms with E-state index < -0.39 is 0 Å². The second-order valence-electron chi connectivity index (χ2n) is 8.69. The molecule has 0 radical (unpaired) electrons. The predicted molar refractivity (Wildman–Crippen MR) is 135 cm³/mol. The lowest BCUT2D eigenvalue weighted by Crippen LogP contribution is -2.33. The number of nitrogens with one attached hydrogen (secondary N) is 2. The van der Waals surface area contributed by atoms with Gasteiger partial charge in [0.1, 0.15) is 17.2 Å². The SMILES string of the molecule is COc1ccc(C(=O)c2c[nH]c3ncc(-c4cc(NC5CCC(N)CC5)ncc4Cl)cc23)cc1. The van der Waals surface area contributed by atoms with E-state index in [2.05, 4.69) is 20.3 Å². The molecule has 0 amide bonds. The number of carbonyl (C=O) groups excluding carboxylic acids is 1. The number of carbonyl (C=O) groups is 1. The summed E-state index contributed by atoms with van der Waals surface area (Å²) in [6.45, 7) is 0. The summed E-state index contributed by atoms with van der Waals surface area (Å²) in [5.74, 6) is 1.38. The number of benzene rings is 1. The van der Waals surface area contributed by atoms with E-state index in [9.17, 15) is 4.79 Å². The first-order valence-corrected chi connectivity index (χ1v) is 11.7. The summed E-state index contributed by atoms with van der Waals surface area (Å²) >= 11 is 6.52. The van der Waals surface area contributed by atoms with Gasteiger partial charge < -0.3 is 20.8 Å². The fourth-order valence-corrected chi connectivity index (χ4v) is 4.66. The summed E-state index contributed by atoms with van der Waals surface area (Å²) in [7, 11) is 1.60. The Hall–Kier alpha value is -3.42. The Morgan fingerprint density at radius 3 is 2.62 bits per heavy atom. The lowest BCUT2D eigenvalue weighted by Gasteiger charge is -2.27. The molecule has 0 atom stereocenters. The molecule has 34 heavy (non-hydrogen) atoms. The van der Waals surface area contributed by atoms with Gasteiger partial charge in [-0.2, -0.15) is 0 Å². The molecule has 4 aromatic rings. The largest absolute Gasteiger partial charge is 0.497 e. The third kappa shape index (κ3) is 4.49. The molecule has 1 aliphatic rings. The Labute approximate surface area is 202 Å². The zero-order chi connectivity index (χ0) is 23.7. The molecule has 5 rings (SSSR count). The summed E-state index contributed by atoms with van der Waals surface area (Å²) < 4.78 is 5.19. The molecule has 0 unspecified atom stereocenters. The molecular weight excluding hydrogens is 450 g/mol. The molecule has 3 heterocycles. The van der Waals surface area contributed by atoms with Gasteiger partial charge in [-0.15, -0.1) is 0 Å². The van der Waals surface area contributed by atoms with Crippen molar-refractivity contribution in [2.45, 2.75) is 37.8 Å². The molecule has 8 heteroatoms. The maximum Gasteiger partial charge on any atom is 0.195 e. The highest BCUT2D eigenvalue weighted by Crippen LogP contribution is 2.33. The van der Waals surface area contributed by atoms with Crippen LogP contribution in [0, 0.1) is 0 Å². The van der Waals surface area contributed by atoms with Crippen LogP contribution in [0.2, 0.25) is 5.02 Å². The molecular formula is C26H26ClN5O2. The smallest absolute Gasteiger partial charge is 0.195 e. The van der Waals surface area contributed by atoms with Gasteiger partial charge in [-0.05, 0) is 62.1 Å². The summed E-state index contributed by atoms with van der Waals surface area (Å²) in [6, 6.07) is 11.6. The Morgan fingerprint density at radius 2 is 1.88 bits per heavy atom. The maximum atomic E-state index is 13.2.